The standard InChI is InChI=1S/C11H17F2NO2/c1-10(9(15)16-2)7-14(8-3-4-8)6-5-11(10,12)13/h8H,3-7H2,1-2H3/t10-/m0/s1. The molecule has 0 bridgehead atoms. The minimum atomic E-state index is -2.97. The molecule has 16 heavy (non-hydrogen) atoms. The Morgan fingerprint density at radius 3 is 2.56 bits per heavy atom. The molecule has 0 aromatic heterocycles. The van der Waals surface area contributed by atoms with Crippen LogP contribution in [-0.2, 0) is 9.53 Å². The summed E-state index contributed by atoms with van der Waals surface area (Å²) in [4.78, 5) is 13.6. The lowest BCUT2D eigenvalue weighted by Gasteiger charge is -2.43. The Labute approximate surface area is 93.7 Å². The number of hydrogen-bond acceptors (Lipinski definition) is 3. The molecule has 92 valence electrons. The van der Waals surface area contributed by atoms with E-state index in [1.54, 1.807) is 0 Å². The summed E-state index contributed by atoms with van der Waals surface area (Å²) in [6, 6.07) is 0.403. The number of carbonyl (C=O) groups excluding carboxylic acids is 1. The van der Waals surface area contributed by atoms with Crippen LogP contribution in [0.3, 0.4) is 0 Å². The molecule has 5 heteroatoms. The summed E-state index contributed by atoms with van der Waals surface area (Å²) in [6.45, 7) is 1.80. The lowest BCUT2D eigenvalue weighted by molar-refractivity contribution is -0.196. The highest BCUT2D eigenvalue weighted by atomic mass is 19.3. The van der Waals surface area contributed by atoms with Crippen LogP contribution < -0.4 is 0 Å². The fourth-order valence-corrected chi connectivity index (χ4v) is 2.35. The maximum atomic E-state index is 13.8. The van der Waals surface area contributed by atoms with E-state index < -0.39 is 17.3 Å². The van der Waals surface area contributed by atoms with E-state index in [4.69, 9.17) is 0 Å². The number of likely N-dealkylation sites (tertiary alicyclic amines) is 1. The minimum absolute atomic E-state index is 0.108. The number of piperidine rings is 1. The first kappa shape index (κ1) is 11.8. The summed E-state index contributed by atoms with van der Waals surface area (Å²) in [7, 11) is 1.17. The average molecular weight is 233 g/mol. The second-order valence-corrected chi connectivity index (χ2v) is 4.98. The van der Waals surface area contributed by atoms with Crippen LogP contribution in [0.2, 0.25) is 0 Å². The highest BCUT2D eigenvalue weighted by molar-refractivity contribution is 5.78. The first-order valence-corrected chi connectivity index (χ1v) is 5.61. The average Bonchev–Trinajstić information content (AvgIpc) is 3.04. The smallest absolute Gasteiger partial charge is 0.318 e. The zero-order valence-corrected chi connectivity index (χ0v) is 9.63. The van der Waals surface area contributed by atoms with Crippen LogP contribution in [0.1, 0.15) is 26.2 Å². The van der Waals surface area contributed by atoms with Crippen molar-refractivity contribution in [3.8, 4) is 0 Å². The molecule has 2 aliphatic rings. The van der Waals surface area contributed by atoms with Crippen LogP contribution in [0.15, 0.2) is 0 Å². The number of rotatable bonds is 2. The second-order valence-electron chi connectivity index (χ2n) is 4.98. The molecule has 0 unspecified atom stereocenters. The summed E-state index contributed by atoms with van der Waals surface area (Å²) in [5, 5.41) is 0. The molecule has 0 spiro atoms. The normalized spacial score (nSPS) is 34.8. The van der Waals surface area contributed by atoms with Crippen LogP contribution in [0.25, 0.3) is 0 Å². The third kappa shape index (κ3) is 1.71. The highest BCUT2D eigenvalue weighted by Crippen LogP contribution is 2.46. The van der Waals surface area contributed by atoms with Crippen molar-refractivity contribution in [2.75, 3.05) is 20.2 Å². The molecule has 0 aromatic carbocycles. The van der Waals surface area contributed by atoms with Gasteiger partial charge in [-0.2, -0.15) is 0 Å². The van der Waals surface area contributed by atoms with Crippen LogP contribution >= 0.6 is 0 Å². The Balaban J connectivity index is 2.19. The van der Waals surface area contributed by atoms with Crippen molar-refractivity contribution in [1.82, 2.24) is 4.90 Å². The van der Waals surface area contributed by atoms with Gasteiger partial charge in [0.2, 0.25) is 0 Å². The van der Waals surface area contributed by atoms with Crippen LogP contribution in [-0.4, -0.2) is 43.0 Å². The van der Waals surface area contributed by atoms with E-state index in [-0.39, 0.29) is 13.0 Å². The Morgan fingerprint density at radius 2 is 2.06 bits per heavy atom. The fourth-order valence-electron chi connectivity index (χ4n) is 2.35. The van der Waals surface area contributed by atoms with Crippen molar-refractivity contribution < 1.29 is 18.3 Å². The van der Waals surface area contributed by atoms with Gasteiger partial charge < -0.3 is 4.74 Å². The number of methoxy groups -OCH3 is 1. The van der Waals surface area contributed by atoms with Crippen LogP contribution in [0.4, 0.5) is 8.78 Å². The minimum Gasteiger partial charge on any atom is -0.468 e. The predicted octanol–water partition coefficient (Wildman–Crippen LogP) is 1.67. The number of halogens is 2. The van der Waals surface area contributed by atoms with Gasteiger partial charge in [-0.15, -0.1) is 0 Å². The molecule has 0 aromatic rings. The molecule has 0 radical (unpaired) electrons. The zero-order valence-electron chi connectivity index (χ0n) is 9.63. The number of hydrogen-bond donors (Lipinski definition) is 0. The van der Waals surface area contributed by atoms with Gasteiger partial charge in [-0.05, 0) is 19.8 Å². The molecule has 0 amide bonds. The molecule has 1 heterocycles. The molecule has 1 atom stereocenters. The van der Waals surface area contributed by atoms with E-state index in [0.717, 1.165) is 12.8 Å². The number of carbonyl (C=O) groups is 1. The molecule has 1 aliphatic heterocycles. The number of alkyl halides is 2. The van der Waals surface area contributed by atoms with Gasteiger partial charge in [-0.1, -0.05) is 0 Å². The van der Waals surface area contributed by atoms with Gasteiger partial charge in [-0.3, -0.25) is 9.69 Å². The second kappa shape index (κ2) is 3.65. The summed E-state index contributed by atoms with van der Waals surface area (Å²) >= 11 is 0. The quantitative estimate of drug-likeness (QED) is 0.679. The molecule has 1 saturated heterocycles. The largest absolute Gasteiger partial charge is 0.468 e. The SMILES string of the molecule is COC(=O)[C@]1(C)CN(C2CC2)CCC1(F)F. The van der Waals surface area contributed by atoms with Crippen molar-refractivity contribution in [2.45, 2.75) is 38.2 Å². The van der Waals surface area contributed by atoms with E-state index in [1.165, 1.54) is 14.0 Å². The molecular weight excluding hydrogens is 216 g/mol. The van der Waals surface area contributed by atoms with E-state index in [2.05, 4.69) is 4.74 Å². The van der Waals surface area contributed by atoms with Gasteiger partial charge in [-0.25, -0.2) is 8.78 Å². The van der Waals surface area contributed by atoms with Gasteiger partial charge in [0.15, 0.2) is 0 Å². The summed E-state index contributed by atoms with van der Waals surface area (Å²) in [5.74, 6) is -3.77. The van der Waals surface area contributed by atoms with Crippen LogP contribution in [0.5, 0.6) is 0 Å². The van der Waals surface area contributed by atoms with Crippen LogP contribution in [0, 0.1) is 5.41 Å². The summed E-state index contributed by atoms with van der Waals surface area (Å²) < 4.78 is 32.2. The molecule has 3 nitrogen and oxygen atoms in total. The number of nitrogens with zero attached hydrogens (tertiary/aromatic N) is 1. The van der Waals surface area contributed by atoms with E-state index in [9.17, 15) is 13.6 Å². The third-order valence-electron chi connectivity index (χ3n) is 3.74. The molecular formula is C11H17F2NO2. The Morgan fingerprint density at radius 1 is 1.44 bits per heavy atom. The third-order valence-corrected chi connectivity index (χ3v) is 3.74. The topological polar surface area (TPSA) is 29.5 Å². The van der Waals surface area contributed by atoms with E-state index in [1.807, 2.05) is 4.90 Å². The molecule has 2 rings (SSSR count). The highest BCUT2D eigenvalue weighted by Gasteiger charge is 2.60. The Kier molecular flexibility index (Phi) is 2.69. The van der Waals surface area contributed by atoms with Gasteiger partial charge >= 0.3 is 5.97 Å². The van der Waals surface area contributed by atoms with Crippen molar-refractivity contribution >= 4 is 5.97 Å². The first-order chi connectivity index (χ1) is 7.40. The molecule has 2 fully saturated rings. The van der Waals surface area contributed by atoms with Gasteiger partial charge in [0.25, 0.3) is 5.92 Å². The lowest BCUT2D eigenvalue weighted by Crippen LogP contribution is -2.58. The molecule has 0 N–H and O–H groups in total. The number of ether oxygens (including phenoxy) is 1. The Bertz CT molecular complexity index is 304. The van der Waals surface area contributed by atoms with Crippen molar-refractivity contribution in [2.24, 2.45) is 5.41 Å². The predicted molar refractivity (Wildman–Crippen MR) is 54.3 cm³/mol. The zero-order chi connectivity index (χ0) is 12.0. The number of esters is 1. The lowest BCUT2D eigenvalue weighted by atomic mass is 9.78. The first-order valence-electron chi connectivity index (χ1n) is 5.61. The van der Waals surface area contributed by atoms with E-state index >= 15 is 0 Å². The monoisotopic (exact) mass is 233 g/mol. The molecule has 1 saturated carbocycles. The fraction of sp³-hybridized carbons (Fsp3) is 0.909. The molecule has 1 aliphatic carbocycles. The van der Waals surface area contributed by atoms with Gasteiger partial charge in [0.05, 0.1) is 7.11 Å². The van der Waals surface area contributed by atoms with Crippen molar-refractivity contribution in [3.63, 3.8) is 0 Å². The Hall–Kier alpha value is -0.710. The maximum absolute atomic E-state index is 13.8. The summed E-state index contributed by atoms with van der Waals surface area (Å²) in [5.41, 5.74) is -1.69. The van der Waals surface area contributed by atoms with Crippen molar-refractivity contribution in [1.29, 1.82) is 0 Å². The van der Waals surface area contributed by atoms with Gasteiger partial charge in [0.1, 0.15) is 5.41 Å². The maximum Gasteiger partial charge on any atom is 0.318 e. The van der Waals surface area contributed by atoms with Gasteiger partial charge in [0, 0.05) is 25.6 Å². The van der Waals surface area contributed by atoms with Crippen molar-refractivity contribution in [3.05, 3.63) is 0 Å². The van der Waals surface area contributed by atoms with E-state index in [0.29, 0.717) is 12.6 Å². The summed E-state index contributed by atoms with van der Waals surface area (Å²) in [6.07, 6.45) is 1.86.